The summed E-state index contributed by atoms with van der Waals surface area (Å²) in [7, 11) is 0. The first-order valence-corrected chi connectivity index (χ1v) is 8.81. The minimum atomic E-state index is 0.332. The number of rotatable bonds is 9. The van der Waals surface area contributed by atoms with Crippen LogP contribution in [0.2, 0.25) is 0 Å². The highest BCUT2D eigenvalue weighted by atomic mass is 16.3. The van der Waals surface area contributed by atoms with Gasteiger partial charge < -0.3 is 10.4 Å². The second kappa shape index (κ2) is 9.65. The zero-order valence-corrected chi connectivity index (χ0v) is 14.8. The Morgan fingerprint density at radius 1 is 0.808 bits per heavy atom. The third-order valence-corrected chi connectivity index (χ3v) is 4.14. The van der Waals surface area contributed by atoms with Crippen molar-refractivity contribution in [2.24, 2.45) is 0 Å². The van der Waals surface area contributed by atoms with E-state index in [1.54, 1.807) is 6.07 Å². The molecule has 0 aliphatic carbocycles. The molecule has 0 saturated heterocycles. The van der Waals surface area contributed by atoms with Gasteiger partial charge in [0.2, 0.25) is 0 Å². The van der Waals surface area contributed by atoms with E-state index in [9.17, 15) is 5.11 Å². The lowest BCUT2D eigenvalue weighted by atomic mass is 10.2. The molecule has 0 bridgehead atoms. The molecule has 0 aliphatic heterocycles. The molecule has 3 rings (SSSR count). The maximum absolute atomic E-state index is 9.84. The zero-order chi connectivity index (χ0) is 18.0. The van der Waals surface area contributed by atoms with Crippen molar-refractivity contribution in [2.45, 2.75) is 19.6 Å². The van der Waals surface area contributed by atoms with Gasteiger partial charge in [0.05, 0.1) is 11.4 Å². The standard InChI is InChI=1S/C21H24N4O/c26-21-10-2-1-7-18(21)15-22-13-14-25(16-19-8-3-5-11-23-19)17-20-9-4-6-12-24-20/h1-12,22,26H,13-17H2. The molecule has 2 aromatic heterocycles. The summed E-state index contributed by atoms with van der Waals surface area (Å²) in [5.74, 6) is 0.332. The first-order valence-electron chi connectivity index (χ1n) is 8.81. The molecule has 1 aromatic carbocycles. The Morgan fingerprint density at radius 3 is 2.00 bits per heavy atom. The number of phenols is 1. The topological polar surface area (TPSA) is 61.3 Å². The molecule has 2 N–H and O–H groups in total. The first-order chi connectivity index (χ1) is 12.8. The molecule has 3 aromatic rings. The summed E-state index contributed by atoms with van der Waals surface area (Å²) in [6.45, 7) is 3.87. The SMILES string of the molecule is Oc1ccccc1CNCCN(Cc1ccccn1)Cc1ccccn1. The summed E-state index contributed by atoms with van der Waals surface area (Å²) < 4.78 is 0. The van der Waals surface area contributed by atoms with Crippen molar-refractivity contribution in [3.8, 4) is 5.75 Å². The summed E-state index contributed by atoms with van der Waals surface area (Å²) in [6, 6.07) is 19.4. The molecule has 0 saturated carbocycles. The van der Waals surface area contributed by atoms with Crippen molar-refractivity contribution < 1.29 is 5.11 Å². The van der Waals surface area contributed by atoms with Gasteiger partial charge in [-0.25, -0.2) is 0 Å². The van der Waals surface area contributed by atoms with Gasteiger partial charge >= 0.3 is 0 Å². The number of aromatic nitrogens is 2. The van der Waals surface area contributed by atoms with Gasteiger partial charge in [0.1, 0.15) is 5.75 Å². The molecule has 0 atom stereocenters. The van der Waals surface area contributed by atoms with Gasteiger partial charge in [0, 0.05) is 50.7 Å². The van der Waals surface area contributed by atoms with E-state index < -0.39 is 0 Å². The Balaban J connectivity index is 1.55. The van der Waals surface area contributed by atoms with Crippen molar-refractivity contribution in [3.05, 3.63) is 90.0 Å². The van der Waals surface area contributed by atoms with Crippen LogP contribution in [0.5, 0.6) is 5.75 Å². The van der Waals surface area contributed by atoms with Crippen molar-refractivity contribution in [1.29, 1.82) is 0 Å². The molecule has 0 radical (unpaired) electrons. The second-order valence-corrected chi connectivity index (χ2v) is 6.16. The van der Waals surface area contributed by atoms with Crippen LogP contribution in [0.1, 0.15) is 17.0 Å². The predicted octanol–water partition coefficient (Wildman–Crippen LogP) is 2.97. The van der Waals surface area contributed by atoms with Crippen LogP contribution in [0, 0.1) is 0 Å². The minimum Gasteiger partial charge on any atom is -0.508 e. The number of nitrogens with zero attached hydrogens (tertiary/aromatic N) is 3. The Bertz CT molecular complexity index is 739. The van der Waals surface area contributed by atoms with Gasteiger partial charge in [-0.3, -0.25) is 14.9 Å². The predicted molar refractivity (Wildman–Crippen MR) is 102 cm³/mol. The number of hydrogen-bond donors (Lipinski definition) is 2. The molecule has 5 nitrogen and oxygen atoms in total. The number of benzene rings is 1. The smallest absolute Gasteiger partial charge is 0.120 e. The van der Waals surface area contributed by atoms with Crippen LogP contribution in [0.3, 0.4) is 0 Å². The summed E-state index contributed by atoms with van der Waals surface area (Å²) in [5, 5.41) is 13.2. The molecule has 5 heteroatoms. The lowest BCUT2D eigenvalue weighted by Gasteiger charge is -2.22. The van der Waals surface area contributed by atoms with Crippen molar-refractivity contribution in [2.75, 3.05) is 13.1 Å². The Kier molecular flexibility index (Phi) is 6.70. The van der Waals surface area contributed by atoms with Crippen LogP contribution in [-0.2, 0) is 19.6 Å². The summed E-state index contributed by atoms with van der Waals surface area (Å²) >= 11 is 0. The monoisotopic (exact) mass is 348 g/mol. The highest BCUT2D eigenvalue weighted by Crippen LogP contribution is 2.14. The summed E-state index contributed by atoms with van der Waals surface area (Å²) in [4.78, 5) is 11.2. The Morgan fingerprint density at radius 2 is 1.42 bits per heavy atom. The van der Waals surface area contributed by atoms with Gasteiger partial charge in [-0.1, -0.05) is 30.3 Å². The van der Waals surface area contributed by atoms with Crippen molar-refractivity contribution in [3.63, 3.8) is 0 Å². The van der Waals surface area contributed by atoms with E-state index in [1.807, 2.05) is 67.0 Å². The highest BCUT2D eigenvalue weighted by Gasteiger charge is 2.09. The van der Waals surface area contributed by atoms with Crippen LogP contribution in [-0.4, -0.2) is 33.1 Å². The fourth-order valence-corrected chi connectivity index (χ4v) is 2.78. The Labute approximate surface area is 154 Å². The minimum absolute atomic E-state index is 0.332. The molecular weight excluding hydrogens is 324 g/mol. The number of phenolic OH excluding ortho intramolecular Hbond substituents is 1. The maximum atomic E-state index is 9.84. The van der Waals surface area contributed by atoms with Crippen LogP contribution in [0.15, 0.2) is 73.1 Å². The molecule has 0 amide bonds. The van der Waals surface area contributed by atoms with Crippen LogP contribution in [0.4, 0.5) is 0 Å². The first kappa shape index (κ1) is 18.0. The average molecular weight is 348 g/mol. The molecular formula is C21H24N4O. The van der Waals surface area contributed by atoms with E-state index >= 15 is 0 Å². The van der Waals surface area contributed by atoms with E-state index in [0.717, 1.165) is 43.1 Å². The molecule has 2 heterocycles. The van der Waals surface area contributed by atoms with E-state index in [4.69, 9.17) is 0 Å². The molecule has 26 heavy (non-hydrogen) atoms. The van der Waals surface area contributed by atoms with E-state index in [-0.39, 0.29) is 0 Å². The highest BCUT2D eigenvalue weighted by molar-refractivity contribution is 5.31. The molecule has 0 aliphatic rings. The Hall–Kier alpha value is -2.76. The zero-order valence-electron chi connectivity index (χ0n) is 14.8. The lowest BCUT2D eigenvalue weighted by Crippen LogP contribution is -2.31. The lowest BCUT2D eigenvalue weighted by molar-refractivity contribution is 0.250. The molecule has 0 fully saturated rings. The normalized spacial score (nSPS) is 11.0. The van der Waals surface area contributed by atoms with E-state index in [1.165, 1.54) is 0 Å². The largest absolute Gasteiger partial charge is 0.508 e. The van der Waals surface area contributed by atoms with Crippen LogP contribution < -0.4 is 5.32 Å². The fourth-order valence-electron chi connectivity index (χ4n) is 2.78. The number of pyridine rings is 2. The summed E-state index contributed by atoms with van der Waals surface area (Å²) in [6.07, 6.45) is 3.65. The molecule has 0 spiro atoms. The van der Waals surface area contributed by atoms with E-state index in [0.29, 0.717) is 12.3 Å². The summed E-state index contributed by atoms with van der Waals surface area (Å²) in [5.41, 5.74) is 3.00. The van der Waals surface area contributed by atoms with Gasteiger partial charge in [0.25, 0.3) is 0 Å². The molecule has 134 valence electrons. The van der Waals surface area contributed by atoms with Gasteiger partial charge in [-0.05, 0) is 30.3 Å². The van der Waals surface area contributed by atoms with Crippen molar-refractivity contribution in [1.82, 2.24) is 20.2 Å². The second-order valence-electron chi connectivity index (χ2n) is 6.16. The van der Waals surface area contributed by atoms with Gasteiger partial charge in [-0.2, -0.15) is 0 Å². The van der Waals surface area contributed by atoms with Crippen LogP contribution in [0.25, 0.3) is 0 Å². The van der Waals surface area contributed by atoms with Crippen LogP contribution >= 0.6 is 0 Å². The number of nitrogens with one attached hydrogen (secondary N) is 1. The number of aromatic hydroxyl groups is 1. The van der Waals surface area contributed by atoms with E-state index in [2.05, 4.69) is 20.2 Å². The van der Waals surface area contributed by atoms with Gasteiger partial charge in [-0.15, -0.1) is 0 Å². The molecule has 0 unspecified atom stereocenters. The quantitative estimate of drug-likeness (QED) is 0.582. The maximum Gasteiger partial charge on any atom is 0.120 e. The number of para-hydroxylation sites is 1. The fraction of sp³-hybridized carbons (Fsp3) is 0.238. The third kappa shape index (κ3) is 5.65. The third-order valence-electron chi connectivity index (χ3n) is 4.14. The average Bonchev–Trinajstić information content (AvgIpc) is 2.68. The number of hydrogen-bond acceptors (Lipinski definition) is 5. The van der Waals surface area contributed by atoms with Crippen molar-refractivity contribution >= 4 is 0 Å². The van der Waals surface area contributed by atoms with Gasteiger partial charge in [0.15, 0.2) is 0 Å².